The Kier molecular flexibility index (Phi) is 21.7. The second-order valence-electron chi connectivity index (χ2n) is 18.6. The summed E-state index contributed by atoms with van der Waals surface area (Å²) in [5, 5.41) is 13.1. The lowest BCUT2D eigenvalue weighted by molar-refractivity contribution is -0.243. The van der Waals surface area contributed by atoms with Gasteiger partial charge in [-0.15, -0.1) is 0 Å². The minimum absolute atomic E-state index is 0.155. The second-order valence-corrected chi connectivity index (χ2v) is 23.5. The Bertz CT molecular complexity index is 2890. The van der Waals surface area contributed by atoms with Gasteiger partial charge in [-0.2, -0.15) is 0 Å². The summed E-state index contributed by atoms with van der Waals surface area (Å²) < 4.78 is 119. The molecule has 0 heterocycles. The molecule has 0 bridgehead atoms. The van der Waals surface area contributed by atoms with Crippen molar-refractivity contribution in [1.82, 2.24) is 0 Å². The molecule has 0 amide bonds. The van der Waals surface area contributed by atoms with Crippen molar-refractivity contribution in [1.29, 1.82) is 0 Å². The van der Waals surface area contributed by atoms with Gasteiger partial charge in [-0.05, 0) is 44.5 Å². The van der Waals surface area contributed by atoms with Crippen molar-refractivity contribution >= 4 is 23.5 Å². The molecular weight excluding hydrogens is 1080 g/mol. The van der Waals surface area contributed by atoms with E-state index in [2.05, 4.69) is 0 Å². The summed E-state index contributed by atoms with van der Waals surface area (Å²) in [6, 6.07) is 72.0. The van der Waals surface area contributed by atoms with E-state index in [0.717, 1.165) is 0 Å². The van der Waals surface area contributed by atoms with Gasteiger partial charge < -0.3 is 14.6 Å². The molecule has 15 nitrogen and oxygen atoms in total. The normalized spacial score (nSPS) is 18.7. The predicted molar refractivity (Wildman–Crippen MR) is 301 cm³/mol. The van der Waals surface area contributed by atoms with Crippen molar-refractivity contribution in [3.8, 4) is 0 Å². The van der Waals surface area contributed by atoms with Crippen molar-refractivity contribution in [3.63, 3.8) is 0 Å². The van der Waals surface area contributed by atoms with Gasteiger partial charge in [0, 0.05) is 0 Å². The molecule has 1 N–H and O–H groups in total. The van der Waals surface area contributed by atoms with Gasteiger partial charge in [0.1, 0.15) is 36.6 Å². The Morgan fingerprint density at radius 2 is 0.412 bits per heavy atom. The molecule has 1 saturated carbocycles. The number of phosphoric ester groups is 3. The van der Waals surface area contributed by atoms with E-state index in [4.69, 9.17) is 50.2 Å². The van der Waals surface area contributed by atoms with Gasteiger partial charge in [-0.25, -0.2) is 13.7 Å². The monoisotopic (exact) mass is 1140 g/mol. The molecule has 80 heavy (non-hydrogen) atoms. The maximum atomic E-state index is 16.0. The Labute approximate surface area is 467 Å². The first kappa shape index (κ1) is 58.6. The maximum Gasteiger partial charge on any atom is 0.475 e. The van der Waals surface area contributed by atoms with Crippen molar-refractivity contribution in [2.45, 2.75) is 89.5 Å². The second kappa shape index (κ2) is 29.6. The number of rotatable bonds is 30. The summed E-state index contributed by atoms with van der Waals surface area (Å²) in [4.78, 5) is 0. The number of ether oxygens (including phenoxy) is 2. The fourth-order valence-electron chi connectivity index (χ4n) is 8.53. The minimum Gasteiger partial charge on any atom is -0.387 e. The fraction of sp³-hybridized carbons (Fsp3) is 0.226. The zero-order chi connectivity index (χ0) is 55.3. The first-order valence-corrected chi connectivity index (χ1v) is 30.4. The molecule has 1 aliphatic rings. The van der Waals surface area contributed by atoms with Crippen LogP contribution >= 0.6 is 23.5 Å². The van der Waals surface area contributed by atoms with Crippen LogP contribution in [0.3, 0.4) is 0 Å². The molecule has 0 spiro atoms. The molecule has 9 rings (SSSR count). The predicted octanol–water partition coefficient (Wildman–Crippen LogP) is 14.3. The molecule has 8 aromatic carbocycles. The SMILES string of the molecule is O=P(OCc1ccccc1)(OCc1ccccc1)OC1[C@@H](OP(=O)(OCc2ccccc2)OCc2ccccc2)[C@H](OCc2ccccc2)C(O)[C@@H](OCc2ccccc2)[C@H]1OP(=O)(OCc1ccccc1)OCc1ccccc1. The van der Waals surface area contributed by atoms with Crippen LogP contribution in [0.2, 0.25) is 0 Å². The summed E-state index contributed by atoms with van der Waals surface area (Å²) in [6.45, 7) is -2.00. The van der Waals surface area contributed by atoms with E-state index in [1.165, 1.54) is 0 Å². The van der Waals surface area contributed by atoms with Crippen LogP contribution in [0.5, 0.6) is 0 Å². The number of benzene rings is 8. The zero-order valence-corrected chi connectivity index (χ0v) is 46.4. The third kappa shape index (κ3) is 17.7. The van der Waals surface area contributed by atoms with Gasteiger partial charge in [0.25, 0.3) is 0 Å². The highest BCUT2D eigenvalue weighted by molar-refractivity contribution is 7.49. The third-order valence-corrected chi connectivity index (χ3v) is 16.9. The first-order valence-electron chi connectivity index (χ1n) is 26.1. The van der Waals surface area contributed by atoms with Gasteiger partial charge in [-0.3, -0.25) is 40.7 Å². The van der Waals surface area contributed by atoms with Crippen LogP contribution in [-0.4, -0.2) is 41.7 Å². The molecule has 0 saturated heterocycles. The highest BCUT2D eigenvalue weighted by Crippen LogP contribution is 2.61. The highest BCUT2D eigenvalue weighted by atomic mass is 31.2. The molecular formula is C62H63O15P3. The van der Waals surface area contributed by atoms with E-state index in [0.29, 0.717) is 44.5 Å². The van der Waals surface area contributed by atoms with Crippen molar-refractivity contribution in [3.05, 3.63) is 287 Å². The standard InChI is InChI=1S/C62H63O15P3/c63-57-58(67-41-49-25-9-1-10-26-49)60(75-78(64,69-43-51-29-13-3-14-30-51)70-44-52-31-15-4-16-32-52)62(77-80(66,73-47-55-37-21-7-22-38-55)74-48-56-39-23-8-24-40-56)61(59(57)68-42-50-27-11-2-12-28-50)76-79(65,71-45-53-33-17-5-18-34-53)72-46-54-35-19-6-20-36-54/h1-40,57-63H,41-48H2/t57?,58-,59-,60-,61+,62?/m1/s1. The third-order valence-electron chi connectivity index (χ3n) is 12.7. The van der Waals surface area contributed by atoms with E-state index in [1.807, 2.05) is 97.1 Å². The van der Waals surface area contributed by atoms with E-state index < -0.39 is 60.1 Å². The number of hydrogen-bond acceptors (Lipinski definition) is 15. The molecule has 0 radical (unpaired) electrons. The largest absolute Gasteiger partial charge is 0.475 e. The molecule has 416 valence electrons. The summed E-state index contributed by atoms with van der Waals surface area (Å²) >= 11 is 0. The van der Waals surface area contributed by atoms with Crippen LogP contribution in [0.25, 0.3) is 0 Å². The Hall–Kier alpha value is -6.03. The van der Waals surface area contributed by atoms with Gasteiger partial charge in [0.05, 0.1) is 52.9 Å². The number of hydrogen-bond donors (Lipinski definition) is 1. The topological polar surface area (TPSA) is 173 Å². The quantitative estimate of drug-likeness (QED) is 0.0421. The van der Waals surface area contributed by atoms with Gasteiger partial charge in [0.2, 0.25) is 0 Å². The minimum atomic E-state index is -5.00. The average molecular weight is 1140 g/mol. The molecule has 8 aromatic rings. The van der Waals surface area contributed by atoms with Crippen LogP contribution < -0.4 is 0 Å². The van der Waals surface area contributed by atoms with E-state index >= 15 is 13.7 Å². The van der Waals surface area contributed by atoms with Crippen LogP contribution in [0.15, 0.2) is 243 Å². The van der Waals surface area contributed by atoms with Crippen molar-refractivity contribution in [2.75, 3.05) is 0 Å². The molecule has 6 atom stereocenters. The Morgan fingerprint density at radius 1 is 0.250 bits per heavy atom. The molecule has 0 aliphatic heterocycles. The molecule has 1 fully saturated rings. The lowest BCUT2D eigenvalue weighted by Gasteiger charge is -2.48. The van der Waals surface area contributed by atoms with Crippen molar-refractivity contribution < 1.29 is 69.0 Å². The molecule has 18 heteroatoms. The summed E-state index contributed by atoms with van der Waals surface area (Å²) in [7, 11) is -14.9. The fourth-order valence-corrected chi connectivity index (χ4v) is 12.6. The summed E-state index contributed by atoms with van der Waals surface area (Å²) in [5.41, 5.74) is 5.02. The average Bonchev–Trinajstić information content (AvgIpc) is 3.62. The molecule has 1 aliphatic carbocycles. The lowest BCUT2D eigenvalue weighted by Crippen LogP contribution is -2.66. The van der Waals surface area contributed by atoms with Crippen molar-refractivity contribution in [2.24, 2.45) is 0 Å². The van der Waals surface area contributed by atoms with E-state index in [9.17, 15) is 5.11 Å². The smallest absolute Gasteiger partial charge is 0.387 e. The Balaban J connectivity index is 1.21. The van der Waals surface area contributed by atoms with Gasteiger partial charge in [-0.1, -0.05) is 243 Å². The number of aliphatic hydroxyl groups excluding tert-OH is 1. The van der Waals surface area contributed by atoms with E-state index in [1.54, 1.807) is 146 Å². The van der Waals surface area contributed by atoms with Crippen LogP contribution in [0, 0.1) is 0 Å². The van der Waals surface area contributed by atoms with Crippen LogP contribution in [0.1, 0.15) is 44.5 Å². The zero-order valence-electron chi connectivity index (χ0n) is 43.7. The van der Waals surface area contributed by atoms with E-state index in [-0.39, 0.29) is 52.9 Å². The van der Waals surface area contributed by atoms with Crippen LogP contribution in [-0.2, 0) is 117 Å². The van der Waals surface area contributed by atoms with Gasteiger partial charge in [0.15, 0.2) is 0 Å². The number of phosphoric acid groups is 3. The molecule has 0 aromatic heterocycles. The lowest BCUT2D eigenvalue weighted by atomic mass is 9.84. The maximum absolute atomic E-state index is 16.0. The summed E-state index contributed by atoms with van der Waals surface area (Å²) in [5.74, 6) is 0. The Morgan fingerprint density at radius 3 is 0.600 bits per heavy atom. The number of aliphatic hydroxyl groups is 1. The summed E-state index contributed by atoms with van der Waals surface area (Å²) in [6.07, 6.45) is -10.8. The van der Waals surface area contributed by atoms with Crippen LogP contribution in [0.4, 0.5) is 0 Å². The highest BCUT2D eigenvalue weighted by Gasteiger charge is 2.60. The first-order chi connectivity index (χ1) is 39.1. The molecule has 2 unspecified atom stereocenters. The van der Waals surface area contributed by atoms with Gasteiger partial charge >= 0.3 is 23.5 Å².